The number of piperidine rings is 1. The number of aliphatic hydroxyl groups is 2. The van der Waals surface area contributed by atoms with Crippen LogP contribution in [-0.4, -0.2) is 57.9 Å². The van der Waals surface area contributed by atoms with Crippen LogP contribution in [0.2, 0.25) is 0 Å². The molecule has 0 saturated carbocycles. The number of aliphatic carboxylic acids is 1. The molecular weight excluding hydrogens is 525 g/mol. The van der Waals surface area contributed by atoms with Gasteiger partial charge in [0, 0.05) is 22.7 Å². The maximum Gasteiger partial charge on any atom is 0.303 e. The van der Waals surface area contributed by atoms with E-state index < -0.39 is 34.9 Å². The number of methoxy groups -OCH3 is 1. The highest BCUT2D eigenvalue weighted by Gasteiger charge is 2.37. The topological polar surface area (TPSA) is 103 Å². The molecule has 1 aromatic heterocycles. The Morgan fingerprint density at radius 3 is 2.50 bits per heavy atom. The van der Waals surface area contributed by atoms with Gasteiger partial charge in [-0.05, 0) is 80.1 Å². The minimum Gasteiger partial charge on any atom is -0.497 e. The first-order chi connectivity index (χ1) is 19.1. The molecule has 212 valence electrons. The number of pyridine rings is 1. The van der Waals surface area contributed by atoms with Crippen molar-refractivity contribution in [2.24, 2.45) is 5.41 Å². The molecule has 1 aliphatic rings. The molecule has 1 unspecified atom stereocenters. The van der Waals surface area contributed by atoms with E-state index in [0.29, 0.717) is 66.7 Å². The van der Waals surface area contributed by atoms with E-state index in [-0.39, 0.29) is 25.0 Å². The molecule has 1 fully saturated rings. The van der Waals surface area contributed by atoms with Gasteiger partial charge < -0.3 is 20.1 Å². The smallest absolute Gasteiger partial charge is 0.303 e. The summed E-state index contributed by atoms with van der Waals surface area (Å²) in [5.41, 5.74) is 1.19. The highest BCUT2D eigenvalue weighted by atomic mass is 19.2. The molecule has 0 spiro atoms. The van der Waals surface area contributed by atoms with E-state index in [4.69, 9.17) is 4.74 Å². The van der Waals surface area contributed by atoms with Crippen molar-refractivity contribution in [2.45, 2.75) is 44.8 Å². The lowest BCUT2D eigenvalue weighted by atomic mass is 9.71. The molecule has 1 atom stereocenters. The van der Waals surface area contributed by atoms with Gasteiger partial charge >= 0.3 is 5.97 Å². The molecule has 0 amide bonds. The van der Waals surface area contributed by atoms with E-state index in [2.05, 4.69) is 16.8 Å². The van der Waals surface area contributed by atoms with Crippen LogP contribution in [0, 0.1) is 34.7 Å². The molecular formula is C30H31F3N2O5. The lowest BCUT2D eigenvalue weighted by Gasteiger charge is -2.41. The summed E-state index contributed by atoms with van der Waals surface area (Å²) in [6, 6.07) is 6.99. The molecule has 2 aromatic carbocycles. The van der Waals surface area contributed by atoms with Crippen molar-refractivity contribution in [1.82, 2.24) is 9.88 Å². The Balaban J connectivity index is 1.45. The van der Waals surface area contributed by atoms with Crippen molar-refractivity contribution >= 4 is 16.9 Å². The zero-order valence-corrected chi connectivity index (χ0v) is 22.1. The summed E-state index contributed by atoms with van der Waals surface area (Å²) in [4.78, 5) is 18.2. The normalized spacial score (nSPS) is 15.8. The van der Waals surface area contributed by atoms with Crippen molar-refractivity contribution in [3.05, 3.63) is 70.7 Å². The van der Waals surface area contributed by atoms with Crippen LogP contribution in [0.1, 0.15) is 54.9 Å². The van der Waals surface area contributed by atoms with Crippen LogP contribution in [0.3, 0.4) is 0 Å². The average molecular weight is 557 g/mol. The molecule has 10 heteroatoms. The van der Waals surface area contributed by atoms with E-state index in [1.54, 1.807) is 18.2 Å². The standard InChI is InChI=1S/C30H31F3N2O5/c1-40-21-4-5-25-22(15-21)28(20(18-36)17-34-25)26(37)6-7-30(16-27(38)39)8-11-35(12-9-30)10-2-3-19-13-23(31)29(33)24(32)14-19/h4-5,13-15,17,26,36-37H,6-12,16,18H2,1H3,(H,38,39). The number of carbonyl (C=O) groups is 1. The molecule has 40 heavy (non-hydrogen) atoms. The van der Waals surface area contributed by atoms with Crippen LogP contribution in [0.5, 0.6) is 5.75 Å². The Labute approximate surface area is 230 Å². The summed E-state index contributed by atoms with van der Waals surface area (Å²) in [5, 5.41) is 31.5. The van der Waals surface area contributed by atoms with Gasteiger partial charge in [-0.15, -0.1) is 0 Å². The third-order valence-electron chi connectivity index (χ3n) is 7.61. The van der Waals surface area contributed by atoms with Crippen molar-refractivity contribution in [1.29, 1.82) is 0 Å². The van der Waals surface area contributed by atoms with Gasteiger partial charge in [-0.3, -0.25) is 14.7 Å². The number of hydrogen-bond donors (Lipinski definition) is 3. The highest BCUT2D eigenvalue weighted by Crippen LogP contribution is 2.42. The number of carboxylic acid groups (broad SMARTS) is 1. The number of ether oxygens (including phenoxy) is 1. The number of aromatic nitrogens is 1. The summed E-state index contributed by atoms with van der Waals surface area (Å²) in [6.07, 6.45) is 2.40. The SMILES string of the molecule is COc1ccc2ncc(CO)c(C(O)CCC3(CC(=O)O)CCN(CC#Cc4cc(F)c(F)c(F)c4)CC3)c2c1. The van der Waals surface area contributed by atoms with Gasteiger partial charge in [0.15, 0.2) is 17.5 Å². The first-order valence-electron chi connectivity index (χ1n) is 13.0. The van der Waals surface area contributed by atoms with Gasteiger partial charge in [-0.2, -0.15) is 0 Å². The summed E-state index contributed by atoms with van der Waals surface area (Å²) in [5.74, 6) is 1.03. The molecule has 0 aliphatic carbocycles. The number of fused-ring (bicyclic) bond motifs is 1. The van der Waals surface area contributed by atoms with E-state index in [9.17, 15) is 33.3 Å². The number of aliphatic hydroxyl groups excluding tert-OH is 2. The van der Waals surface area contributed by atoms with Gasteiger partial charge in [0.25, 0.3) is 0 Å². The second-order valence-corrected chi connectivity index (χ2v) is 10.2. The first kappa shape index (κ1) is 29.3. The molecule has 1 aliphatic heterocycles. The minimum atomic E-state index is -1.54. The summed E-state index contributed by atoms with van der Waals surface area (Å²) < 4.78 is 45.3. The molecule has 7 nitrogen and oxygen atoms in total. The van der Waals surface area contributed by atoms with Crippen LogP contribution in [0.4, 0.5) is 13.2 Å². The molecule has 4 rings (SSSR count). The Bertz CT molecular complexity index is 1420. The Morgan fingerprint density at radius 1 is 1.18 bits per heavy atom. The Hall–Kier alpha value is -3.65. The van der Waals surface area contributed by atoms with Crippen molar-refractivity contribution in [3.63, 3.8) is 0 Å². The second kappa shape index (κ2) is 12.7. The number of benzene rings is 2. The quantitative estimate of drug-likeness (QED) is 0.262. The number of hydrogen-bond acceptors (Lipinski definition) is 6. The first-order valence-corrected chi connectivity index (χ1v) is 13.0. The second-order valence-electron chi connectivity index (χ2n) is 10.2. The lowest BCUT2D eigenvalue weighted by molar-refractivity contribution is -0.141. The number of halogens is 3. The third kappa shape index (κ3) is 6.73. The predicted octanol–water partition coefficient (Wildman–Crippen LogP) is 4.58. The monoisotopic (exact) mass is 556 g/mol. The molecule has 0 bridgehead atoms. The fraction of sp³-hybridized carbons (Fsp3) is 0.400. The number of nitrogens with zero attached hydrogens (tertiary/aromatic N) is 2. The van der Waals surface area contributed by atoms with Crippen molar-refractivity contribution in [2.75, 3.05) is 26.7 Å². The van der Waals surface area contributed by atoms with Gasteiger partial charge in [-0.25, -0.2) is 13.2 Å². The molecule has 0 radical (unpaired) electrons. The zero-order chi connectivity index (χ0) is 28.9. The summed E-state index contributed by atoms with van der Waals surface area (Å²) in [7, 11) is 1.54. The van der Waals surface area contributed by atoms with Gasteiger partial charge in [0.2, 0.25) is 0 Å². The third-order valence-corrected chi connectivity index (χ3v) is 7.61. The fourth-order valence-corrected chi connectivity index (χ4v) is 5.37. The van der Waals surface area contributed by atoms with Crippen LogP contribution < -0.4 is 4.74 Å². The Morgan fingerprint density at radius 2 is 1.88 bits per heavy atom. The largest absolute Gasteiger partial charge is 0.497 e. The number of rotatable bonds is 9. The molecule has 2 heterocycles. The highest BCUT2D eigenvalue weighted by molar-refractivity contribution is 5.85. The minimum absolute atomic E-state index is 0.0334. The van der Waals surface area contributed by atoms with Crippen molar-refractivity contribution < 1.29 is 38.0 Å². The van der Waals surface area contributed by atoms with E-state index in [1.165, 1.54) is 13.3 Å². The fourth-order valence-electron chi connectivity index (χ4n) is 5.37. The van der Waals surface area contributed by atoms with Gasteiger partial charge in [-0.1, -0.05) is 11.8 Å². The van der Waals surface area contributed by atoms with E-state index in [0.717, 1.165) is 12.1 Å². The van der Waals surface area contributed by atoms with Gasteiger partial charge in [0.1, 0.15) is 5.75 Å². The van der Waals surface area contributed by atoms with Crippen LogP contribution in [-0.2, 0) is 11.4 Å². The Kier molecular flexibility index (Phi) is 9.30. The maximum absolute atomic E-state index is 13.4. The van der Waals surface area contributed by atoms with Crippen LogP contribution in [0.25, 0.3) is 10.9 Å². The summed E-state index contributed by atoms with van der Waals surface area (Å²) in [6.45, 7) is 1.11. The zero-order valence-electron chi connectivity index (χ0n) is 22.1. The maximum atomic E-state index is 13.4. The van der Waals surface area contributed by atoms with E-state index >= 15 is 0 Å². The average Bonchev–Trinajstić information content (AvgIpc) is 2.94. The van der Waals surface area contributed by atoms with Gasteiger partial charge in [0.05, 0.1) is 38.3 Å². The molecule has 3 N–H and O–H groups in total. The number of likely N-dealkylation sites (tertiary alicyclic amines) is 1. The van der Waals surface area contributed by atoms with E-state index in [1.807, 2.05) is 4.90 Å². The van der Waals surface area contributed by atoms with Crippen molar-refractivity contribution in [3.8, 4) is 17.6 Å². The van der Waals surface area contributed by atoms with Crippen LogP contribution in [0.15, 0.2) is 36.5 Å². The lowest BCUT2D eigenvalue weighted by Crippen LogP contribution is -2.41. The summed E-state index contributed by atoms with van der Waals surface area (Å²) >= 11 is 0. The predicted molar refractivity (Wildman–Crippen MR) is 142 cm³/mol. The molecule has 3 aromatic rings. The molecule has 1 saturated heterocycles. The van der Waals surface area contributed by atoms with Crippen LogP contribution >= 0.6 is 0 Å². The number of carboxylic acids is 1.